The third kappa shape index (κ3) is 23.5. The second kappa shape index (κ2) is 29.0. The summed E-state index contributed by atoms with van der Waals surface area (Å²) in [6.07, 6.45) is 5.16. The molecule has 0 saturated carbocycles. The average molecular weight is 807 g/mol. The Bertz CT molecular complexity index is 1560. The van der Waals surface area contributed by atoms with Gasteiger partial charge in [-0.25, -0.2) is 4.79 Å². The Labute approximate surface area is 347 Å². The number of amides is 3. The maximum Gasteiger partial charge on any atom is 0.407 e. The third-order valence-electron chi connectivity index (χ3n) is 9.23. The molecule has 2 aromatic rings. The van der Waals surface area contributed by atoms with E-state index >= 15 is 0 Å². The summed E-state index contributed by atoms with van der Waals surface area (Å²) in [5, 5.41) is 9.29. The molecule has 0 radical (unpaired) electrons. The normalized spacial score (nSPS) is 15.3. The lowest BCUT2D eigenvalue weighted by atomic mass is 9.86. The summed E-state index contributed by atoms with van der Waals surface area (Å²) >= 11 is 1.55. The number of benzene rings is 2. The standard InChI is InChI=1S/C28H47N3O4S.C11H15NO2.C7H8/c1-9-19(6)13-20(7)25(33)15-24(18(4)5)27(35)30-16-23(32)14-22(12-17(2)3)26(34)31-28-29-11-10-21(8)36-28;1-2-8-12-11(13)14-9-10-6-4-3-5-7-10;1-7-5-3-2-4-6-7/h13,17-18,20-22,24H,9-12,14-16H2,1-8H3,(H,30,35)(H,29,31,34);3-7H,2,8-9H2,1H3,(H,12,13);2-6H,1H3/b19-13+;;/t20-,21?,22-,24+;;/m1../s1. The van der Waals surface area contributed by atoms with Crippen LogP contribution in [0, 0.1) is 36.5 Å². The fourth-order valence-electron chi connectivity index (χ4n) is 5.63. The molecule has 1 unspecified atom stereocenters. The molecular weight excluding hydrogens is 737 g/mol. The summed E-state index contributed by atoms with van der Waals surface area (Å²) in [6.45, 7) is 21.5. The van der Waals surface area contributed by atoms with E-state index in [1.54, 1.807) is 11.8 Å². The van der Waals surface area contributed by atoms with Crippen molar-refractivity contribution in [2.75, 3.05) is 19.6 Å². The Hall–Kier alpha value is -4.25. The molecule has 0 saturated heterocycles. The predicted molar refractivity (Wildman–Crippen MR) is 235 cm³/mol. The van der Waals surface area contributed by atoms with Gasteiger partial charge < -0.3 is 20.7 Å². The molecule has 11 heteroatoms. The molecular formula is C46H70N4O6S. The summed E-state index contributed by atoms with van der Waals surface area (Å²) in [5.41, 5.74) is 3.47. The van der Waals surface area contributed by atoms with Gasteiger partial charge in [-0.2, -0.15) is 0 Å². The summed E-state index contributed by atoms with van der Waals surface area (Å²) < 4.78 is 4.98. The molecule has 3 N–H and O–H groups in total. The molecule has 1 aliphatic rings. The van der Waals surface area contributed by atoms with Crippen LogP contribution in [0.1, 0.15) is 112 Å². The van der Waals surface area contributed by atoms with E-state index < -0.39 is 11.8 Å². The highest BCUT2D eigenvalue weighted by Gasteiger charge is 2.29. The fraction of sp³-hybridized carbons (Fsp3) is 0.565. The zero-order valence-corrected chi connectivity index (χ0v) is 37.0. The van der Waals surface area contributed by atoms with Crippen molar-refractivity contribution in [2.24, 2.45) is 34.6 Å². The van der Waals surface area contributed by atoms with Gasteiger partial charge in [0.15, 0.2) is 11.0 Å². The van der Waals surface area contributed by atoms with Gasteiger partial charge >= 0.3 is 6.09 Å². The Morgan fingerprint density at radius 1 is 0.895 bits per heavy atom. The molecule has 0 aliphatic carbocycles. The number of aryl methyl sites for hydroxylation is 1. The lowest BCUT2D eigenvalue weighted by Gasteiger charge is -2.23. The Kier molecular flexibility index (Phi) is 25.9. The maximum atomic E-state index is 12.9. The van der Waals surface area contributed by atoms with Crippen molar-refractivity contribution in [2.45, 2.75) is 120 Å². The number of ether oxygens (including phenoxy) is 1. The first-order valence-electron chi connectivity index (χ1n) is 20.5. The van der Waals surface area contributed by atoms with Crippen molar-refractivity contribution in [3.8, 4) is 0 Å². The van der Waals surface area contributed by atoms with Crippen LogP contribution < -0.4 is 16.0 Å². The molecule has 0 aromatic heterocycles. The number of carbonyl (C=O) groups is 5. The number of hydrogen-bond acceptors (Lipinski definition) is 8. The van der Waals surface area contributed by atoms with Gasteiger partial charge in [-0.05, 0) is 56.9 Å². The quantitative estimate of drug-likeness (QED) is 0.128. The first kappa shape index (κ1) is 50.8. The van der Waals surface area contributed by atoms with Gasteiger partial charge in [-0.1, -0.05) is 145 Å². The topological polar surface area (TPSA) is 143 Å². The molecule has 0 spiro atoms. The van der Waals surface area contributed by atoms with Gasteiger partial charge in [0, 0.05) is 48.9 Å². The number of allylic oxidation sites excluding steroid dienone is 2. The number of Topliss-reactive ketones (excluding diaryl/α,β-unsaturated/α-hetero) is 2. The lowest BCUT2D eigenvalue weighted by molar-refractivity contribution is -0.133. The van der Waals surface area contributed by atoms with Crippen LogP contribution in [0.2, 0.25) is 0 Å². The van der Waals surface area contributed by atoms with E-state index in [1.165, 1.54) is 5.56 Å². The minimum Gasteiger partial charge on any atom is -0.445 e. The number of rotatable bonds is 18. The summed E-state index contributed by atoms with van der Waals surface area (Å²) in [5.74, 6) is -1.68. The number of ketones is 2. The molecule has 0 bridgehead atoms. The van der Waals surface area contributed by atoms with E-state index in [-0.39, 0.29) is 66.6 Å². The zero-order chi connectivity index (χ0) is 42.8. The van der Waals surface area contributed by atoms with Gasteiger partial charge in [0.2, 0.25) is 11.8 Å². The number of hydrogen-bond donors (Lipinski definition) is 3. The first-order chi connectivity index (χ1) is 27.1. The smallest absolute Gasteiger partial charge is 0.407 e. The Morgan fingerprint density at radius 2 is 1.53 bits per heavy atom. The van der Waals surface area contributed by atoms with Crippen LogP contribution in [0.3, 0.4) is 0 Å². The van der Waals surface area contributed by atoms with Gasteiger partial charge in [-0.15, -0.1) is 0 Å². The van der Waals surface area contributed by atoms with Crippen LogP contribution in [0.5, 0.6) is 0 Å². The molecule has 2 aromatic carbocycles. The monoisotopic (exact) mass is 807 g/mol. The third-order valence-corrected chi connectivity index (χ3v) is 10.3. The molecule has 0 fully saturated rings. The number of nitrogens with one attached hydrogen (secondary N) is 3. The molecule has 4 atom stereocenters. The Balaban J connectivity index is 0.000000621. The van der Waals surface area contributed by atoms with Crippen LogP contribution in [0.25, 0.3) is 0 Å². The number of thioether (sulfide) groups is 1. The van der Waals surface area contributed by atoms with Crippen LogP contribution in [0.15, 0.2) is 77.3 Å². The summed E-state index contributed by atoms with van der Waals surface area (Å²) in [6, 6.07) is 19.9. The number of alkyl carbamates (subject to hydrolysis) is 1. The van der Waals surface area contributed by atoms with Crippen molar-refractivity contribution < 1.29 is 28.7 Å². The van der Waals surface area contributed by atoms with E-state index in [9.17, 15) is 24.0 Å². The minimum atomic E-state index is -0.499. The summed E-state index contributed by atoms with van der Waals surface area (Å²) in [7, 11) is 0. The van der Waals surface area contributed by atoms with E-state index in [4.69, 9.17) is 4.74 Å². The number of aliphatic imine (C=N–C) groups is 1. The second-order valence-corrected chi connectivity index (χ2v) is 16.9. The highest BCUT2D eigenvalue weighted by atomic mass is 32.2. The molecule has 1 heterocycles. The molecule has 10 nitrogen and oxygen atoms in total. The molecule has 1 aliphatic heterocycles. The second-order valence-electron chi connectivity index (χ2n) is 15.5. The lowest BCUT2D eigenvalue weighted by Crippen LogP contribution is -2.40. The van der Waals surface area contributed by atoms with Crippen molar-refractivity contribution in [1.29, 1.82) is 0 Å². The van der Waals surface area contributed by atoms with E-state index in [2.05, 4.69) is 46.9 Å². The highest BCUT2D eigenvalue weighted by Crippen LogP contribution is 2.23. The summed E-state index contributed by atoms with van der Waals surface area (Å²) in [4.78, 5) is 66.7. The zero-order valence-electron chi connectivity index (χ0n) is 36.2. The van der Waals surface area contributed by atoms with E-state index in [0.717, 1.165) is 30.4 Å². The van der Waals surface area contributed by atoms with Crippen LogP contribution in [-0.2, 0) is 30.5 Å². The number of carbonyl (C=O) groups excluding carboxylic acids is 5. The first-order valence-corrected chi connectivity index (χ1v) is 21.4. The fourth-order valence-corrected chi connectivity index (χ4v) is 6.56. The maximum absolute atomic E-state index is 12.9. The van der Waals surface area contributed by atoms with Crippen molar-refractivity contribution in [3.05, 3.63) is 83.4 Å². The average Bonchev–Trinajstić information content (AvgIpc) is 3.17. The van der Waals surface area contributed by atoms with Crippen molar-refractivity contribution in [1.82, 2.24) is 16.0 Å². The number of nitrogens with zero attached hydrogens (tertiary/aromatic N) is 1. The van der Waals surface area contributed by atoms with Gasteiger partial charge in [-0.3, -0.25) is 24.2 Å². The Morgan fingerprint density at radius 3 is 2.05 bits per heavy atom. The molecule has 57 heavy (non-hydrogen) atoms. The van der Waals surface area contributed by atoms with Gasteiger partial charge in [0.25, 0.3) is 0 Å². The van der Waals surface area contributed by atoms with E-state index in [0.29, 0.717) is 36.5 Å². The molecule has 316 valence electrons. The predicted octanol–water partition coefficient (Wildman–Crippen LogP) is 9.26. The largest absolute Gasteiger partial charge is 0.445 e. The van der Waals surface area contributed by atoms with Gasteiger partial charge in [0.05, 0.1) is 6.54 Å². The molecule has 3 rings (SSSR count). The van der Waals surface area contributed by atoms with Gasteiger partial charge in [0.1, 0.15) is 12.4 Å². The SMILES string of the molecule is CC/C(C)=C/[C@@H](C)C(=O)C[C@H](C(=O)NCC(=O)C[C@@H](CC(C)C)C(=O)NC1=NCCC(C)S1)C(C)C.CCCNC(=O)OCc1ccccc1.Cc1ccccc1. The van der Waals surface area contributed by atoms with E-state index in [1.807, 2.05) is 110 Å². The van der Waals surface area contributed by atoms with Crippen LogP contribution >= 0.6 is 11.8 Å². The van der Waals surface area contributed by atoms with Crippen molar-refractivity contribution in [3.63, 3.8) is 0 Å². The highest BCUT2D eigenvalue weighted by molar-refractivity contribution is 8.14. The number of amidine groups is 1. The van der Waals surface area contributed by atoms with Crippen LogP contribution in [-0.4, -0.2) is 59.5 Å². The van der Waals surface area contributed by atoms with Crippen LogP contribution in [0.4, 0.5) is 4.79 Å². The minimum absolute atomic E-state index is 0.0226. The molecule has 3 amide bonds. The van der Waals surface area contributed by atoms with Crippen molar-refractivity contribution >= 4 is 46.4 Å².